The number of rotatable bonds is 1. The SMILES string of the molecule is CC1CCC(C#N)C(N2CCC3CCCCC3C2)C1. The van der Waals surface area contributed by atoms with E-state index < -0.39 is 0 Å². The fraction of sp³-hybridized carbons (Fsp3) is 0.941. The van der Waals surface area contributed by atoms with Gasteiger partial charge in [-0.1, -0.05) is 26.2 Å². The van der Waals surface area contributed by atoms with Gasteiger partial charge in [0.05, 0.1) is 12.0 Å². The van der Waals surface area contributed by atoms with Crippen molar-refractivity contribution >= 4 is 0 Å². The molecule has 3 aliphatic rings. The van der Waals surface area contributed by atoms with E-state index in [1.165, 1.54) is 58.0 Å². The summed E-state index contributed by atoms with van der Waals surface area (Å²) in [6.45, 7) is 4.92. The van der Waals surface area contributed by atoms with Crippen molar-refractivity contribution in [1.82, 2.24) is 4.90 Å². The van der Waals surface area contributed by atoms with Crippen LogP contribution < -0.4 is 0 Å². The van der Waals surface area contributed by atoms with E-state index in [1.54, 1.807) is 0 Å². The van der Waals surface area contributed by atoms with Crippen LogP contribution in [0.15, 0.2) is 0 Å². The molecule has 0 aromatic carbocycles. The molecule has 1 aliphatic heterocycles. The van der Waals surface area contributed by atoms with Gasteiger partial charge in [-0.3, -0.25) is 4.90 Å². The molecule has 3 rings (SSSR count). The number of nitrogens with zero attached hydrogens (tertiary/aromatic N) is 2. The van der Waals surface area contributed by atoms with Crippen molar-refractivity contribution in [3.63, 3.8) is 0 Å². The molecule has 1 heterocycles. The van der Waals surface area contributed by atoms with Crippen LogP contribution in [0.5, 0.6) is 0 Å². The lowest BCUT2D eigenvalue weighted by molar-refractivity contribution is 0.0232. The molecule has 106 valence electrons. The summed E-state index contributed by atoms with van der Waals surface area (Å²) in [7, 11) is 0. The van der Waals surface area contributed by atoms with Crippen LogP contribution in [0.25, 0.3) is 0 Å². The second-order valence-corrected chi connectivity index (χ2v) is 7.31. The van der Waals surface area contributed by atoms with Gasteiger partial charge in [0, 0.05) is 12.6 Å². The normalized spacial score (nSPS) is 44.3. The van der Waals surface area contributed by atoms with Gasteiger partial charge in [0.1, 0.15) is 0 Å². The third kappa shape index (κ3) is 2.82. The van der Waals surface area contributed by atoms with Crippen LogP contribution in [0.3, 0.4) is 0 Å². The molecule has 0 aromatic rings. The molecule has 0 N–H and O–H groups in total. The minimum absolute atomic E-state index is 0.302. The molecule has 5 unspecified atom stereocenters. The molecule has 2 nitrogen and oxygen atoms in total. The molecule has 0 radical (unpaired) electrons. The molecule has 2 saturated carbocycles. The molecule has 1 saturated heterocycles. The molecular formula is C17H28N2. The summed E-state index contributed by atoms with van der Waals surface area (Å²) in [6.07, 6.45) is 10.9. The zero-order chi connectivity index (χ0) is 13.2. The van der Waals surface area contributed by atoms with Gasteiger partial charge in [0.2, 0.25) is 0 Å². The van der Waals surface area contributed by atoms with E-state index in [-0.39, 0.29) is 0 Å². The van der Waals surface area contributed by atoms with Gasteiger partial charge in [-0.25, -0.2) is 0 Å². The lowest BCUT2D eigenvalue weighted by atomic mass is 9.73. The van der Waals surface area contributed by atoms with E-state index in [4.69, 9.17) is 0 Å². The van der Waals surface area contributed by atoms with E-state index >= 15 is 0 Å². The van der Waals surface area contributed by atoms with Crippen molar-refractivity contribution in [3.8, 4) is 6.07 Å². The maximum Gasteiger partial charge on any atom is 0.0672 e. The molecule has 0 aromatic heterocycles. The van der Waals surface area contributed by atoms with E-state index in [1.807, 2.05) is 0 Å². The van der Waals surface area contributed by atoms with Gasteiger partial charge < -0.3 is 0 Å². The Morgan fingerprint density at radius 1 is 1.00 bits per heavy atom. The lowest BCUT2D eigenvalue weighted by Gasteiger charge is -2.47. The fourth-order valence-electron chi connectivity index (χ4n) is 4.84. The molecule has 19 heavy (non-hydrogen) atoms. The molecule has 0 amide bonds. The predicted octanol–water partition coefficient (Wildman–Crippen LogP) is 3.83. The van der Waals surface area contributed by atoms with Crippen LogP contribution in [-0.4, -0.2) is 24.0 Å². The number of fused-ring (bicyclic) bond motifs is 1. The predicted molar refractivity (Wildman–Crippen MR) is 77.5 cm³/mol. The first kappa shape index (κ1) is 13.4. The molecule has 2 aliphatic carbocycles. The van der Waals surface area contributed by atoms with Crippen LogP contribution >= 0.6 is 0 Å². The molecule has 0 bridgehead atoms. The summed E-state index contributed by atoms with van der Waals surface area (Å²) in [5.41, 5.74) is 0. The van der Waals surface area contributed by atoms with E-state index in [0.717, 1.165) is 24.2 Å². The molecule has 0 spiro atoms. The summed E-state index contributed by atoms with van der Waals surface area (Å²) in [4.78, 5) is 2.70. The first-order valence-electron chi connectivity index (χ1n) is 8.41. The lowest BCUT2D eigenvalue weighted by Crippen LogP contribution is -2.50. The summed E-state index contributed by atoms with van der Waals surface area (Å²) >= 11 is 0. The monoisotopic (exact) mass is 260 g/mol. The van der Waals surface area contributed by atoms with Crippen LogP contribution in [0.1, 0.15) is 58.3 Å². The Balaban J connectivity index is 1.66. The Labute approximate surface area is 118 Å². The molecule has 5 atom stereocenters. The molecule has 3 fully saturated rings. The average molecular weight is 260 g/mol. The van der Waals surface area contributed by atoms with Crippen molar-refractivity contribution in [2.75, 3.05) is 13.1 Å². The van der Waals surface area contributed by atoms with Crippen LogP contribution in [0.4, 0.5) is 0 Å². The van der Waals surface area contributed by atoms with Gasteiger partial charge in [0.15, 0.2) is 0 Å². The van der Waals surface area contributed by atoms with Crippen LogP contribution in [0, 0.1) is 35.0 Å². The Morgan fingerprint density at radius 3 is 2.58 bits per heavy atom. The van der Waals surface area contributed by atoms with Crippen molar-refractivity contribution < 1.29 is 0 Å². The van der Waals surface area contributed by atoms with Crippen molar-refractivity contribution in [3.05, 3.63) is 0 Å². The van der Waals surface area contributed by atoms with E-state index in [9.17, 15) is 5.26 Å². The molecule has 2 heteroatoms. The zero-order valence-electron chi connectivity index (χ0n) is 12.4. The van der Waals surface area contributed by atoms with Crippen LogP contribution in [0.2, 0.25) is 0 Å². The smallest absolute Gasteiger partial charge is 0.0672 e. The quantitative estimate of drug-likeness (QED) is 0.716. The minimum Gasteiger partial charge on any atom is -0.299 e. The van der Waals surface area contributed by atoms with Crippen molar-refractivity contribution in [1.29, 1.82) is 5.26 Å². The van der Waals surface area contributed by atoms with E-state index in [0.29, 0.717) is 12.0 Å². The Morgan fingerprint density at radius 2 is 1.79 bits per heavy atom. The van der Waals surface area contributed by atoms with E-state index in [2.05, 4.69) is 17.9 Å². The van der Waals surface area contributed by atoms with Crippen molar-refractivity contribution in [2.45, 2.75) is 64.3 Å². The standard InChI is InChI=1S/C17H28N2/c1-13-6-7-15(11-18)17(10-13)19-9-8-14-4-2-3-5-16(14)12-19/h13-17H,2-10,12H2,1H3. The largest absolute Gasteiger partial charge is 0.299 e. The van der Waals surface area contributed by atoms with Gasteiger partial charge in [-0.15, -0.1) is 0 Å². The fourth-order valence-corrected chi connectivity index (χ4v) is 4.84. The van der Waals surface area contributed by atoms with Gasteiger partial charge >= 0.3 is 0 Å². The summed E-state index contributed by atoms with van der Waals surface area (Å²) in [5.74, 6) is 3.07. The van der Waals surface area contributed by atoms with Gasteiger partial charge in [-0.05, 0) is 56.4 Å². The highest BCUT2D eigenvalue weighted by molar-refractivity contribution is 4.99. The topological polar surface area (TPSA) is 27.0 Å². The van der Waals surface area contributed by atoms with Crippen LogP contribution in [-0.2, 0) is 0 Å². The van der Waals surface area contributed by atoms with Gasteiger partial charge in [-0.2, -0.15) is 5.26 Å². The third-order valence-electron chi connectivity index (χ3n) is 6.04. The summed E-state index contributed by atoms with van der Waals surface area (Å²) in [6, 6.07) is 3.17. The highest BCUT2D eigenvalue weighted by Crippen LogP contribution is 2.40. The van der Waals surface area contributed by atoms with Gasteiger partial charge in [0.25, 0.3) is 0 Å². The highest BCUT2D eigenvalue weighted by Gasteiger charge is 2.38. The number of likely N-dealkylation sites (tertiary alicyclic amines) is 1. The Hall–Kier alpha value is -0.550. The third-order valence-corrected chi connectivity index (χ3v) is 6.04. The van der Waals surface area contributed by atoms with Crippen molar-refractivity contribution in [2.24, 2.45) is 23.7 Å². The maximum atomic E-state index is 9.43. The average Bonchev–Trinajstić information content (AvgIpc) is 2.46. The maximum absolute atomic E-state index is 9.43. The minimum atomic E-state index is 0.302. The number of nitriles is 1. The molecular weight excluding hydrogens is 232 g/mol. The summed E-state index contributed by atoms with van der Waals surface area (Å²) in [5, 5.41) is 9.43. The Kier molecular flexibility index (Phi) is 4.12. The first-order chi connectivity index (χ1) is 9.28. The number of piperidine rings is 1. The second kappa shape index (κ2) is 5.83. The zero-order valence-corrected chi connectivity index (χ0v) is 12.4. The number of hydrogen-bond acceptors (Lipinski definition) is 2. The number of hydrogen-bond donors (Lipinski definition) is 0. The highest BCUT2D eigenvalue weighted by atomic mass is 15.2. The Bertz CT molecular complexity index is 346. The summed E-state index contributed by atoms with van der Waals surface area (Å²) < 4.78 is 0. The second-order valence-electron chi connectivity index (χ2n) is 7.31. The first-order valence-corrected chi connectivity index (χ1v) is 8.41.